The van der Waals surface area contributed by atoms with Crippen molar-refractivity contribution >= 4 is 11.6 Å². The van der Waals surface area contributed by atoms with E-state index in [1.165, 1.54) is 12.1 Å². The molecule has 6 nitrogen and oxygen atoms in total. The molecule has 2 aliphatic heterocycles. The molecule has 4 rings (SSSR count). The van der Waals surface area contributed by atoms with Gasteiger partial charge in [0.25, 0.3) is 5.91 Å². The summed E-state index contributed by atoms with van der Waals surface area (Å²) in [5, 5.41) is 15.4. The summed E-state index contributed by atoms with van der Waals surface area (Å²) in [5.74, 6) is 1.01. The topological polar surface area (TPSA) is 71.4 Å². The van der Waals surface area contributed by atoms with Crippen LogP contribution in [0, 0.1) is 0 Å². The fourth-order valence-corrected chi connectivity index (χ4v) is 3.32. The van der Waals surface area contributed by atoms with Crippen molar-refractivity contribution in [1.29, 1.82) is 0 Å². The summed E-state index contributed by atoms with van der Waals surface area (Å²) in [6, 6.07) is 10.4. The maximum Gasteiger partial charge on any atom is 0.278 e. The van der Waals surface area contributed by atoms with Crippen LogP contribution < -0.4 is 9.47 Å². The molecular formula is C18H16N2O4. The number of carbonyl (C=O) groups excluding carboxylic acids is 1. The van der Waals surface area contributed by atoms with Crippen molar-refractivity contribution in [3.05, 3.63) is 53.1 Å². The Balaban J connectivity index is 1.74. The number of rotatable bonds is 3. The third-order valence-corrected chi connectivity index (χ3v) is 4.47. The summed E-state index contributed by atoms with van der Waals surface area (Å²) >= 11 is 0. The summed E-state index contributed by atoms with van der Waals surface area (Å²) in [6.45, 7) is 0. The Morgan fingerprint density at radius 3 is 2.54 bits per heavy atom. The van der Waals surface area contributed by atoms with Crippen LogP contribution in [0.15, 0.2) is 41.5 Å². The SMILES string of the molecule is COc1ccc2c(c1OC)C(=O)N1N=C(c3ccc(O)cc3)C[C@H]21. The number of nitrogens with zero attached hydrogens (tertiary/aromatic N) is 2. The first-order valence-electron chi connectivity index (χ1n) is 7.59. The Labute approximate surface area is 138 Å². The molecule has 0 aliphatic carbocycles. The number of hydrazone groups is 1. The van der Waals surface area contributed by atoms with E-state index in [0.717, 1.165) is 16.8 Å². The van der Waals surface area contributed by atoms with Crippen molar-refractivity contribution in [3.8, 4) is 17.2 Å². The maximum atomic E-state index is 12.8. The second-order valence-corrected chi connectivity index (χ2v) is 5.73. The van der Waals surface area contributed by atoms with Gasteiger partial charge in [0, 0.05) is 6.42 Å². The number of hydrogen-bond acceptors (Lipinski definition) is 5. The van der Waals surface area contributed by atoms with Crippen LogP contribution in [0.4, 0.5) is 0 Å². The first kappa shape index (κ1) is 14.6. The average Bonchev–Trinajstić information content (AvgIpc) is 3.14. The molecule has 2 aliphatic rings. The molecule has 0 aromatic heterocycles. The van der Waals surface area contributed by atoms with Crippen molar-refractivity contribution in [2.75, 3.05) is 14.2 Å². The van der Waals surface area contributed by atoms with Crippen LogP contribution in [0.3, 0.4) is 0 Å². The molecular weight excluding hydrogens is 308 g/mol. The van der Waals surface area contributed by atoms with E-state index < -0.39 is 0 Å². The van der Waals surface area contributed by atoms with Crippen molar-refractivity contribution in [3.63, 3.8) is 0 Å². The molecule has 6 heteroatoms. The van der Waals surface area contributed by atoms with E-state index in [1.54, 1.807) is 31.4 Å². The number of hydrogen-bond donors (Lipinski definition) is 1. The lowest BCUT2D eigenvalue weighted by atomic mass is 9.97. The van der Waals surface area contributed by atoms with Gasteiger partial charge < -0.3 is 14.6 Å². The van der Waals surface area contributed by atoms with E-state index in [1.807, 2.05) is 12.1 Å². The summed E-state index contributed by atoms with van der Waals surface area (Å²) in [5.41, 5.74) is 3.15. The predicted molar refractivity (Wildman–Crippen MR) is 87.7 cm³/mol. The minimum Gasteiger partial charge on any atom is -0.508 e. The highest BCUT2D eigenvalue weighted by molar-refractivity contribution is 6.09. The van der Waals surface area contributed by atoms with Crippen molar-refractivity contribution < 1.29 is 19.4 Å². The normalized spacial score (nSPS) is 18.2. The molecule has 0 fully saturated rings. The van der Waals surface area contributed by atoms with Crippen molar-refractivity contribution in [1.82, 2.24) is 5.01 Å². The summed E-state index contributed by atoms with van der Waals surface area (Å²) in [4.78, 5) is 12.8. The minimum absolute atomic E-state index is 0.129. The van der Waals surface area contributed by atoms with E-state index in [-0.39, 0.29) is 17.7 Å². The number of fused-ring (bicyclic) bond motifs is 3. The Kier molecular flexibility index (Phi) is 3.19. The fourth-order valence-electron chi connectivity index (χ4n) is 3.32. The van der Waals surface area contributed by atoms with Crippen molar-refractivity contribution in [2.24, 2.45) is 5.10 Å². The molecule has 2 aromatic rings. The number of ether oxygens (including phenoxy) is 2. The van der Waals surface area contributed by atoms with Gasteiger partial charge in [0.05, 0.1) is 31.5 Å². The highest BCUT2D eigenvalue weighted by atomic mass is 16.5. The smallest absolute Gasteiger partial charge is 0.278 e. The lowest BCUT2D eigenvalue weighted by molar-refractivity contribution is 0.0753. The monoisotopic (exact) mass is 324 g/mol. The standard InChI is InChI=1S/C18H16N2O4/c1-23-15-8-7-12-14-9-13(10-3-5-11(21)6-4-10)19-20(14)18(22)16(12)17(15)24-2/h3-8,14,21H,9H2,1-2H3/t14-/m1/s1. The fraction of sp³-hybridized carbons (Fsp3) is 0.222. The molecule has 1 N–H and O–H groups in total. The van der Waals surface area contributed by atoms with Gasteiger partial charge in [-0.05, 0) is 41.5 Å². The number of aromatic hydroxyl groups is 1. The molecule has 2 heterocycles. The summed E-state index contributed by atoms with van der Waals surface area (Å²) in [6.07, 6.45) is 0.624. The lowest BCUT2D eigenvalue weighted by Crippen LogP contribution is -2.18. The Hall–Kier alpha value is -3.02. The quantitative estimate of drug-likeness (QED) is 0.942. The molecule has 0 saturated heterocycles. The van der Waals surface area contributed by atoms with Crippen molar-refractivity contribution in [2.45, 2.75) is 12.5 Å². The van der Waals surface area contributed by atoms with E-state index in [9.17, 15) is 9.90 Å². The van der Waals surface area contributed by atoms with Gasteiger partial charge in [0.15, 0.2) is 11.5 Å². The number of benzene rings is 2. The van der Waals surface area contributed by atoms with Gasteiger partial charge in [0.1, 0.15) is 5.75 Å². The van der Waals surface area contributed by atoms with E-state index >= 15 is 0 Å². The number of amides is 1. The van der Waals surface area contributed by atoms with Gasteiger partial charge in [0.2, 0.25) is 0 Å². The van der Waals surface area contributed by atoms with Crippen LogP contribution in [-0.2, 0) is 0 Å². The largest absolute Gasteiger partial charge is 0.508 e. The van der Waals surface area contributed by atoms with Gasteiger partial charge >= 0.3 is 0 Å². The number of phenolic OH excluding ortho intramolecular Hbond substituents is 1. The van der Waals surface area contributed by atoms with Gasteiger partial charge in [-0.3, -0.25) is 4.79 Å². The zero-order chi connectivity index (χ0) is 16.8. The van der Waals surface area contributed by atoms with Crippen LogP contribution in [0.5, 0.6) is 17.2 Å². The van der Waals surface area contributed by atoms with Gasteiger partial charge in [-0.2, -0.15) is 5.10 Å². The van der Waals surface area contributed by atoms with Crippen LogP contribution in [0.2, 0.25) is 0 Å². The predicted octanol–water partition coefficient (Wildman–Crippen LogP) is 2.71. The van der Waals surface area contributed by atoms with E-state index in [0.29, 0.717) is 23.5 Å². The van der Waals surface area contributed by atoms with E-state index in [2.05, 4.69) is 5.10 Å². The third-order valence-electron chi connectivity index (χ3n) is 4.47. The first-order chi connectivity index (χ1) is 11.6. The third kappa shape index (κ3) is 1.96. The Morgan fingerprint density at radius 2 is 1.88 bits per heavy atom. The molecule has 1 amide bonds. The molecule has 0 spiro atoms. The van der Waals surface area contributed by atoms with Crippen LogP contribution in [0.1, 0.15) is 33.9 Å². The maximum absolute atomic E-state index is 12.8. The number of methoxy groups -OCH3 is 2. The van der Waals surface area contributed by atoms with Crippen LogP contribution in [0.25, 0.3) is 0 Å². The van der Waals surface area contributed by atoms with Gasteiger partial charge in [-0.25, -0.2) is 5.01 Å². The minimum atomic E-state index is -0.181. The highest BCUT2D eigenvalue weighted by Gasteiger charge is 2.44. The molecule has 0 saturated carbocycles. The Morgan fingerprint density at radius 1 is 1.12 bits per heavy atom. The molecule has 24 heavy (non-hydrogen) atoms. The Bertz CT molecular complexity index is 858. The molecule has 1 atom stereocenters. The molecule has 122 valence electrons. The highest BCUT2D eigenvalue weighted by Crippen LogP contribution is 2.47. The second-order valence-electron chi connectivity index (χ2n) is 5.73. The zero-order valence-corrected chi connectivity index (χ0v) is 13.3. The van der Waals surface area contributed by atoms with Gasteiger partial charge in [-0.15, -0.1) is 0 Å². The molecule has 2 aromatic carbocycles. The molecule has 0 unspecified atom stereocenters. The van der Waals surface area contributed by atoms with Crippen LogP contribution in [-0.4, -0.2) is 36.0 Å². The first-order valence-corrected chi connectivity index (χ1v) is 7.59. The van der Waals surface area contributed by atoms with E-state index in [4.69, 9.17) is 9.47 Å². The number of carbonyl (C=O) groups is 1. The summed E-state index contributed by atoms with van der Waals surface area (Å²) in [7, 11) is 3.08. The van der Waals surface area contributed by atoms with Gasteiger partial charge in [-0.1, -0.05) is 6.07 Å². The second kappa shape index (κ2) is 5.26. The molecule has 0 bridgehead atoms. The molecule has 0 radical (unpaired) electrons. The number of phenols is 1. The lowest BCUT2D eigenvalue weighted by Gasteiger charge is -2.12. The average molecular weight is 324 g/mol. The van der Waals surface area contributed by atoms with Crippen LogP contribution >= 0.6 is 0 Å². The zero-order valence-electron chi connectivity index (χ0n) is 13.3. The summed E-state index contributed by atoms with van der Waals surface area (Å²) < 4.78 is 10.7.